The lowest BCUT2D eigenvalue weighted by molar-refractivity contribution is -0.148. The van der Waals surface area contributed by atoms with Crippen molar-refractivity contribution in [3.63, 3.8) is 0 Å². The molecule has 2 heterocycles. The van der Waals surface area contributed by atoms with Crippen LogP contribution in [0.25, 0.3) is 0 Å². The minimum atomic E-state index is -0.820. The number of carbonyl (C=O) groups excluding carboxylic acids is 2. The molecule has 2 rings (SSSR count). The summed E-state index contributed by atoms with van der Waals surface area (Å²) in [6.07, 6.45) is -0.543. The lowest BCUT2D eigenvalue weighted by Gasteiger charge is -2.13. The van der Waals surface area contributed by atoms with Gasteiger partial charge < -0.3 is 14.2 Å². The fraction of sp³-hybridized carbons (Fsp3) is 0.462. The second kappa shape index (κ2) is 6.04. The zero-order valence-corrected chi connectivity index (χ0v) is 11.5. The number of aromatic nitrogens is 2. The lowest BCUT2D eigenvalue weighted by Crippen LogP contribution is -2.27. The van der Waals surface area contributed by atoms with Crippen LogP contribution in [0, 0.1) is 6.92 Å². The fourth-order valence-electron chi connectivity index (χ4n) is 1.99. The Bertz CT molecular complexity index is 611. The SMILES string of the molecule is [CH][C@H]1O[C@@H](n2ccc(OC(C)=O)nc2=O)CC1OC(C)=O. The summed E-state index contributed by atoms with van der Waals surface area (Å²) in [4.78, 5) is 37.2. The summed E-state index contributed by atoms with van der Waals surface area (Å²) in [6.45, 7) is 8.17. The van der Waals surface area contributed by atoms with Gasteiger partial charge in [-0.2, -0.15) is 4.98 Å². The summed E-state index contributed by atoms with van der Waals surface area (Å²) in [6, 6.07) is 1.36. The molecule has 8 heteroatoms. The molecule has 0 saturated carbocycles. The standard InChI is InChI=1S/C13H14N2O6/c1-7-10(20-8(2)16)6-12(19-7)15-5-4-11(14-13(15)18)21-9(3)17/h1,4-5,7,10,12H,6H2,2-3H3/t7-,10?,12-/m1/s1. The maximum atomic E-state index is 11.9. The zero-order valence-electron chi connectivity index (χ0n) is 11.5. The van der Waals surface area contributed by atoms with Gasteiger partial charge in [0.15, 0.2) is 0 Å². The molecule has 0 aliphatic carbocycles. The molecule has 1 aromatic rings. The Kier molecular flexibility index (Phi) is 4.37. The van der Waals surface area contributed by atoms with Crippen LogP contribution in [-0.4, -0.2) is 33.7 Å². The summed E-state index contributed by atoms with van der Waals surface area (Å²) in [5.41, 5.74) is -0.658. The largest absolute Gasteiger partial charge is 0.460 e. The van der Waals surface area contributed by atoms with E-state index in [0.29, 0.717) is 0 Å². The van der Waals surface area contributed by atoms with E-state index in [0.717, 1.165) is 0 Å². The van der Waals surface area contributed by atoms with Gasteiger partial charge in [0, 0.05) is 39.5 Å². The summed E-state index contributed by atoms with van der Waals surface area (Å²) < 4.78 is 16.3. The third-order valence-electron chi connectivity index (χ3n) is 2.79. The monoisotopic (exact) mass is 294 g/mol. The number of hydrogen-bond donors (Lipinski definition) is 0. The lowest BCUT2D eigenvalue weighted by atomic mass is 10.2. The Morgan fingerprint density at radius 1 is 1.43 bits per heavy atom. The van der Waals surface area contributed by atoms with Crippen LogP contribution in [0.1, 0.15) is 26.5 Å². The minimum Gasteiger partial charge on any atom is -0.460 e. The van der Waals surface area contributed by atoms with E-state index in [4.69, 9.17) is 21.1 Å². The van der Waals surface area contributed by atoms with Crippen LogP contribution in [0.15, 0.2) is 17.1 Å². The Balaban J connectivity index is 2.14. The van der Waals surface area contributed by atoms with E-state index < -0.39 is 36.1 Å². The van der Waals surface area contributed by atoms with Crippen molar-refractivity contribution in [3.05, 3.63) is 29.7 Å². The van der Waals surface area contributed by atoms with Crippen molar-refractivity contribution in [2.75, 3.05) is 0 Å². The Hall–Kier alpha value is -2.22. The first-order valence-corrected chi connectivity index (χ1v) is 6.22. The number of rotatable bonds is 3. The summed E-state index contributed by atoms with van der Waals surface area (Å²) in [7, 11) is 0. The first-order chi connectivity index (χ1) is 9.86. The van der Waals surface area contributed by atoms with Crippen LogP contribution < -0.4 is 10.4 Å². The summed E-state index contributed by atoms with van der Waals surface area (Å²) in [5.74, 6) is -1.15. The molecular weight excluding hydrogens is 280 g/mol. The van der Waals surface area contributed by atoms with E-state index >= 15 is 0 Å². The molecule has 8 nitrogen and oxygen atoms in total. The predicted molar refractivity (Wildman–Crippen MR) is 68.2 cm³/mol. The molecule has 1 saturated heterocycles. The first kappa shape index (κ1) is 15.2. The van der Waals surface area contributed by atoms with Crippen molar-refractivity contribution in [1.82, 2.24) is 9.55 Å². The van der Waals surface area contributed by atoms with Crippen molar-refractivity contribution in [3.8, 4) is 5.88 Å². The maximum absolute atomic E-state index is 11.9. The predicted octanol–water partition coefficient (Wildman–Crippen LogP) is 0.0989. The molecule has 0 amide bonds. The highest BCUT2D eigenvalue weighted by atomic mass is 16.6. The van der Waals surface area contributed by atoms with Gasteiger partial charge >= 0.3 is 17.6 Å². The number of hydrogen-bond acceptors (Lipinski definition) is 7. The third kappa shape index (κ3) is 3.66. The minimum absolute atomic E-state index is 0.0948. The van der Waals surface area contributed by atoms with E-state index in [9.17, 15) is 14.4 Å². The second-order valence-corrected chi connectivity index (χ2v) is 4.49. The van der Waals surface area contributed by atoms with Crippen LogP contribution in [0.3, 0.4) is 0 Å². The first-order valence-electron chi connectivity index (χ1n) is 6.22. The van der Waals surface area contributed by atoms with Crippen molar-refractivity contribution in [2.45, 2.75) is 38.7 Å². The highest BCUT2D eigenvalue weighted by Gasteiger charge is 2.36. The van der Waals surface area contributed by atoms with E-state index in [1.807, 2.05) is 0 Å². The molecule has 1 aliphatic rings. The molecule has 0 spiro atoms. The van der Waals surface area contributed by atoms with Gasteiger partial charge in [-0.15, -0.1) is 0 Å². The highest BCUT2D eigenvalue weighted by Crippen LogP contribution is 2.29. The molecule has 112 valence electrons. The molecule has 0 N–H and O–H groups in total. The van der Waals surface area contributed by atoms with Gasteiger partial charge in [-0.25, -0.2) is 4.79 Å². The number of ether oxygens (including phenoxy) is 3. The molecule has 1 aromatic heterocycles. The van der Waals surface area contributed by atoms with E-state index in [1.54, 1.807) is 0 Å². The van der Waals surface area contributed by atoms with Gasteiger partial charge in [0.1, 0.15) is 18.4 Å². The third-order valence-corrected chi connectivity index (χ3v) is 2.79. The Morgan fingerprint density at radius 3 is 2.71 bits per heavy atom. The molecule has 0 bridgehead atoms. The van der Waals surface area contributed by atoms with Gasteiger partial charge in [-0.3, -0.25) is 14.2 Å². The van der Waals surface area contributed by atoms with Crippen molar-refractivity contribution in [1.29, 1.82) is 0 Å². The average Bonchev–Trinajstić information content (AvgIpc) is 2.69. The number of esters is 2. The van der Waals surface area contributed by atoms with Gasteiger partial charge in [-0.05, 0) is 0 Å². The molecular formula is C13H14N2O6. The van der Waals surface area contributed by atoms with E-state index in [-0.39, 0.29) is 12.3 Å². The summed E-state index contributed by atoms with van der Waals surface area (Å²) >= 11 is 0. The smallest absolute Gasteiger partial charge is 0.352 e. The second-order valence-electron chi connectivity index (χ2n) is 4.49. The van der Waals surface area contributed by atoms with Crippen molar-refractivity contribution < 1.29 is 23.8 Å². The molecule has 0 aromatic carbocycles. The number of nitrogens with zero attached hydrogens (tertiary/aromatic N) is 2. The van der Waals surface area contributed by atoms with Crippen molar-refractivity contribution in [2.24, 2.45) is 0 Å². The number of carbonyl (C=O) groups is 2. The molecule has 3 atom stereocenters. The van der Waals surface area contributed by atoms with Crippen molar-refractivity contribution >= 4 is 11.9 Å². The van der Waals surface area contributed by atoms with Crippen LogP contribution in [0.2, 0.25) is 0 Å². The topological polar surface area (TPSA) is 96.7 Å². The van der Waals surface area contributed by atoms with Gasteiger partial charge in [0.25, 0.3) is 0 Å². The van der Waals surface area contributed by atoms with E-state index in [2.05, 4.69) is 4.98 Å². The summed E-state index contributed by atoms with van der Waals surface area (Å²) in [5, 5.41) is 0. The van der Waals surface area contributed by atoms with Crippen LogP contribution in [0.5, 0.6) is 5.88 Å². The molecule has 21 heavy (non-hydrogen) atoms. The fourth-order valence-corrected chi connectivity index (χ4v) is 1.99. The van der Waals surface area contributed by atoms with Crippen LogP contribution >= 0.6 is 0 Å². The molecule has 1 unspecified atom stereocenters. The van der Waals surface area contributed by atoms with Crippen LogP contribution in [0.4, 0.5) is 0 Å². The highest BCUT2D eigenvalue weighted by molar-refractivity contribution is 5.68. The molecule has 1 aliphatic heterocycles. The molecule has 2 radical (unpaired) electrons. The van der Waals surface area contributed by atoms with Gasteiger partial charge in [-0.1, -0.05) is 0 Å². The van der Waals surface area contributed by atoms with E-state index in [1.165, 1.54) is 30.7 Å². The normalized spacial score (nSPS) is 24.6. The van der Waals surface area contributed by atoms with Gasteiger partial charge in [0.05, 0.1) is 0 Å². The van der Waals surface area contributed by atoms with Crippen LogP contribution in [-0.2, 0) is 19.1 Å². The average molecular weight is 294 g/mol. The Morgan fingerprint density at radius 2 is 2.14 bits per heavy atom. The Labute approximate surface area is 120 Å². The quantitative estimate of drug-likeness (QED) is 0.729. The maximum Gasteiger partial charge on any atom is 0.352 e. The van der Waals surface area contributed by atoms with Gasteiger partial charge in [0.2, 0.25) is 5.88 Å². The zero-order chi connectivity index (χ0) is 15.6. The molecule has 1 fully saturated rings.